The molecule has 0 radical (unpaired) electrons. The van der Waals surface area contributed by atoms with Crippen LogP contribution in [0.2, 0.25) is 0 Å². The van der Waals surface area contributed by atoms with Crippen LogP contribution in [0.3, 0.4) is 0 Å². The van der Waals surface area contributed by atoms with Crippen molar-refractivity contribution < 1.29 is 13.6 Å². The third-order valence-electron chi connectivity index (χ3n) is 4.98. The van der Waals surface area contributed by atoms with Crippen LogP contribution in [0, 0.1) is 0 Å². The number of carbonyl (C=O) groups is 1. The van der Waals surface area contributed by atoms with Gasteiger partial charge in [-0.2, -0.15) is 0 Å². The van der Waals surface area contributed by atoms with Gasteiger partial charge >= 0.3 is 0 Å². The lowest BCUT2D eigenvalue weighted by Gasteiger charge is -2.47. The van der Waals surface area contributed by atoms with E-state index in [1.165, 1.54) is 28.9 Å². The van der Waals surface area contributed by atoms with Crippen molar-refractivity contribution in [3.63, 3.8) is 0 Å². The molecule has 2 aliphatic carbocycles. The van der Waals surface area contributed by atoms with Crippen molar-refractivity contribution in [2.45, 2.75) is 56.5 Å². The molecule has 0 bridgehead atoms. The molecule has 23 heavy (non-hydrogen) atoms. The van der Waals surface area contributed by atoms with E-state index in [1.54, 1.807) is 14.1 Å². The molecular formula is C18H24F2N2O. The maximum absolute atomic E-state index is 13.4. The molecule has 3 rings (SSSR count). The number of amides is 1. The average Bonchev–Trinajstić information content (AvgIpc) is 2.49. The second-order valence-electron chi connectivity index (χ2n) is 7.15. The third-order valence-corrected chi connectivity index (χ3v) is 4.98. The highest BCUT2D eigenvalue weighted by atomic mass is 19.3. The van der Waals surface area contributed by atoms with E-state index in [1.807, 2.05) is 6.07 Å². The molecule has 126 valence electrons. The van der Waals surface area contributed by atoms with Crippen LogP contribution in [-0.4, -0.2) is 36.4 Å². The Balaban J connectivity index is 1.71. The lowest BCUT2D eigenvalue weighted by Crippen LogP contribution is -2.67. The Labute approximate surface area is 136 Å². The Morgan fingerprint density at radius 3 is 2.43 bits per heavy atom. The number of alkyl halides is 2. The summed E-state index contributed by atoms with van der Waals surface area (Å²) in [5.74, 6) is -3.00. The number of hydrogen-bond donors (Lipinski definition) is 1. The summed E-state index contributed by atoms with van der Waals surface area (Å²) < 4.78 is 26.8. The summed E-state index contributed by atoms with van der Waals surface area (Å²) in [6.07, 6.45) is 3.82. The van der Waals surface area contributed by atoms with Crippen LogP contribution in [0.5, 0.6) is 0 Å². The summed E-state index contributed by atoms with van der Waals surface area (Å²) in [4.78, 5) is 13.7. The van der Waals surface area contributed by atoms with Crippen molar-refractivity contribution in [2.75, 3.05) is 14.1 Å². The highest BCUT2D eigenvalue weighted by Gasteiger charge is 2.61. The number of halogens is 2. The zero-order chi connectivity index (χ0) is 16.7. The number of likely N-dealkylation sites (N-methyl/N-ethyl adjacent to an activating group) is 1. The molecule has 1 amide bonds. The standard InChI is InChI=1S/C18H24F2N2O/c1-22(2)16(23)17(11-18(19,20)12-17)21-10-13-7-8-14-5-3-4-6-15(14)9-13/h7-9,21H,3-6,10-12H2,1-2H3. The Bertz CT molecular complexity index is 605. The molecule has 1 saturated carbocycles. The summed E-state index contributed by atoms with van der Waals surface area (Å²) in [5, 5.41) is 3.12. The number of rotatable bonds is 4. The average molecular weight is 322 g/mol. The molecule has 1 fully saturated rings. The van der Waals surface area contributed by atoms with Crippen LogP contribution in [-0.2, 0) is 24.2 Å². The first-order valence-corrected chi connectivity index (χ1v) is 8.27. The Morgan fingerprint density at radius 1 is 1.17 bits per heavy atom. The van der Waals surface area contributed by atoms with E-state index in [4.69, 9.17) is 0 Å². The van der Waals surface area contributed by atoms with Crippen LogP contribution >= 0.6 is 0 Å². The van der Waals surface area contributed by atoms with Crippen molar-refractivity contribution in [3.05, 3.63) is 34.9 Å². The van der Waals surface area contributed by atoms with E-state index in [0.717, 1.165) is 18.4 Å². The van der Waals surface area contributed by atoms with Gasteiger partial charge in [-0.25, -0.2) is 8.78 Å². The maximum atomic E-state index is 13.4. The molecule has 3 nitrogen and oxygen atoms in total. The fraction of sp³-hybridized carbons (Fsp3) is 0.611. The second kappa shape index (κ2) is 5.86. The number of aryl methyl sites for hydroxylation is 2. The smallest absolute Gasteiger partial charge is 0.252 e. The monoisotopic (exact) mass is 322 g/mol. The molecule has 1 N–H and O–H groups in total. The van der Waals surface area contributed by atoms with Crippen molar-refractivity contribution in [1.82, 2.24) is 10.2 Å². The first-order valence-electron chi connectivity index (χ1n) is 8.27. The summed E-state index contributed by atoms with van der Waals surface area (Å²) in [7, 11) is 3.22. The topological polar surface area (TPSA) is 32.3 Å². The Kier molecular flexibility index (Phi) is 4.17. The van der Waals surface area contributed by atoms with Crippen molar-refractivity contribution in [2.24, 2.45) is 0 Å². The zero-order valence-corrected chi connectivity index (χ0v) is 13.8. The SMILES string of the molecule is CN(C)C(=O)C1(NCc2ccc3c(c2)CCCC3)CC(F)(F)C1. The van der Waals surface area contributed by atoms with Gasteiger partial charge in [0.2, 0.25) is 5.91 Å². The fourth-order valence-corrected chi connectivity index (χ4v) is 3.78. The Morgan fingerprint density at radius 2 is 1.83 bits per heavy atom. The predicted octanol–water partition coefficient (Wildman–Crippen LogP) is 2.91. The van der Waals surface area contributed by atoms with Gasteiger partial charge in [-0.1, -0.05) is 18.2 Å². The lowest BCUT2D eigenvalue weighted by molar-refractivity contribution is -0.169. The summed E-state index contributed by atoms with van der Waals surface area (Å²) in [5.41, 5.74) is 2.70. The van der Waals surface area contributed by atoms with Crippen LogP contribution in [0.1, 0.15) is 42.4 Å². The molecule has 0 aliphatic heterocycles. The zero-order valence-electron chi connectivity index (χ0n) is 13.8. The number of fused-ring (bicyclic) bond motifs is 1. The maximum Gasteiger partial charge on any atom is 0.252 e. The van der Waals surface area contributed by atoms with Gasteiger partial charge in [-0.3, -0.25) is 10.1 Å². The van der Waals surface area contributed by atoms with E-state index < -0.39 is 24.3 Å². The van der Waals surface area contributed by atoms with Gasteiger partial charge in [0.1, 0.15) is 5.54 Å². The highest BCUT2D eigenvalue weighted by Crippen LogP contribution is 2.46. The quantitative estimate of drug-likeness (QED) is 0.924. The van der Waals surface area contributed by atoms with Crippen LogP contribution in [0.25, 0.3) is 0 Å². The fourth-order valence-electron chi connectivity index (χ4n) is 3.78. The van der Waals surface area contributed by atoms with E-state index in [9.17, 15) is 13.6 Å². The summed E-state index contributed by atoms with van der Waals surface area (Å²) >= 11 is 0. The number of nitrogens with zero attached hydrogens (tertiary/aromatic N) is 1. The number of nitrogens with one attached hydrogen (secondary N) is 1. The molecule has 0 aromatic heterocycles. The predicted molar refractivity (Wildman–Crippen MR) is 85.5 cm³/mol. The molecule has 5 heteroatoms. The molecule has 0 saturated heterocycles. The van der Waals surface area contributed by atoms with Crippen LogP contribution in [0.4, 0.5) is 8.78 Å². The number of carbonyl (C=O) groups excluding carboxylic acids is 1. The molecule has 1 aromatic carbocycles. The molecular weight excluding hydrogens is 298 g/mol. The minimum atomic E-state index is -2.74. The van der Waals surface area contributed by atoms with Crippen molar-refractivity contribution in [1.29, 1.82) is 0 Å². The van der Waals surface area contributed by atoms with E-state index in [-0.39, 0.29) is 5.91 Å². The van der Waals surface area contributed by atoms with Gasteiger partial charge in [-0.05, 0) is 42.4 Å². The van der Waals surface area contributed by atoms with Crippen LogP contribution in [0.15, 0.2) is 18.2 Å². The van der Waals surface area contributed by atoms with E-state index >= 15 is 0 Å². The van der Waals surface area contributed by atoms with Gasteiger partial charge in [0.15, 0.2) is 0 Å². The molecule has 1 aromatic rings. The van der Waals surface area contributed by atoms with Gasteiger partial charge in [0.25, 0.3) is 5.92 Å². The van der Waals surface area contributed by atoms with Crippen molar-refractivity contribution >= 4 is 5.91 Å². The number of benzene rings is 1. The lowest BCUT2D eigenvalue weighted by atomic mass is 9.72. The normalized spacial score (nSPS) is 21.2. The Hall–Kier alpha value is -1.49. The largest absolute Gasteiger partial charge is 0.347 e. The minimum absolute atomic E-state index is 0.263. The first-order chi connectivity index (χ1) is 10.8. The van der Waals surface area contributed by atoms with Gasteiger partial charge in [0.05, 0.1) is 0 Å². The molecule has 2 aliphatic rings. The molecule has 0 atom stereocenters. The highest BCUT2D eigenvalue weighted by molar-refractivity contribution is 5.87. The molecule has 0 spiro atoms. The second-order valence-corrected chi connectivity index (χ2v) is 7.15. The minimum Gasteiger partial charge on any atom is -0.347 e. The van der Waals surface area contributed by atoms with Gasteiger partial charge < -0.3 is 4.90 Å². The summed E-state index contributed by atoms with van der Waals surface area (Å²) in [6, 6.07) is 6.34. The third kappa shape index (κ3) is 3.25. The van der Waals surface area contributed by atoms with E-state index in [0.29, 0.717) is 6.54 Å². The van der Waals surface area contributed by atoms with Gasteiger partial charge in [-0.15, -0.1) is 0 Å². The molecule has 0 unspecified atom stereocenters. The summed E-state index contributed by atoms with van der Waals surface area (Å²) in [6.45, 7) is 0.447. The van der Waals surface area contributed by atoms with Crippen molar-refractivity contribution in [3.8, 4) is 0 Å². The van der Waals surface area contributed by atoms with Gasteiger partial charge in [0, 0.05) is 33.5 Å². The first kappa shape index (κ1) is 16.4. The number of hydrogen-bond acceptors (Lipinski definition) is 2. The van der Waals surface area contributed by atoms with Crippen LogP contribution < -0.4 is 5.32 Å². The van der Waals surface area contributed by atoms with E-state index in [2.05, 4.69) is 17.4 Å². The molecule has 0 heterocycles.